The lowest BCUT2D eigenvalue weighted by atomic mass is 10.1. The molecule has 0 aliphatic carbocycles. The summed E-state index contributed by atoms with van der Waals surface area (Å²) in [6.45, 7) is 1.53. The first kappa shape index (κ1) is 11.2. The lowest BCUT2D eigenvalue weighted by Crippen LogP contribution is -2.35. The molecule has 4 heteroatoms. The standard InChI is InChI=1S/C13H17NO2S/c1-2-6-14-10(3-1)8-17-11-4-5-12-13(7-11)16-9-15-12/h4-5,7,10,14H,1-3,6,8-9H2. The van der Waals surface area contributed by atoms with Crippen LogP contribution in [0.3, 0.4) is 0 Å². The van der Waals surface area contributed by atoms with E-state index in [1.165, 1.54) is 30.7 Å². The van der Waals surface area contributed by atoms with Gasteiger partial charge in [0.2, 0.25) is 6.79 Å². The van der Waals surface area contributed by atoms with Gasteiger partial charge in [-0.05, 0) is 37.6 Å². The van der Waals surface area contributed by atoms with E-state index in [4.69, 9.17) is 9.47 Å². The minimum atomic E-state index is 0.355. The lowest BCUT2D eigenvalue weighted by Gasteiger charge is -2.22. The molecule has 2 aliphatic rings. The largest absolute Gasteiger partial charge is 0.454 e. The summed E-state index contributed by atoms with van der Waals surface area (Å²) in [6.07, 6.45) is 3.99. The van der Waals surface area contributed by atoms with E-state index in [0.29, 0.717) is 12.8 Å². The predicted molar refractivity (Wildman–Crippen MR) is 68.9 cm³/mol. The van der Waals surface area contributed by atoms with E-state index < -0.39 is 0 Å². The fourth-order valence-corrected chi connectivity index (χ4v) is 3.26. The Morgan fingerprint density at radius 2 is 2.18 bits per heavy atom. The van der Waals surface area contributed by atoms with Crippen molar-refractivity contribution in [1.29, 1.82) is 0 Å². The predicted octanol–water partition coefficient (Wildman–Crippen LogP) is 2.65. The van der Waals surface area contributed by atoms with Crippen molar-refractivity contribution < 1.29 is 9.47 Å². The van der Waals surface area contributed by atoms with Gasteiger partial charge >= 0.3 is 0 Å². The fourth-order valence-electron chi connectivity index (χ4n) is 2.23. The Bertz CT molecular complexity index is 391. The van der Waals surface area contributed by atoms with Crippen LogP contribution in [0.25, 0.3) is 0 Å². The van der Waals surface area contributed by atoms with Gasteiger partial charge < -0.3 is 14.8 Å². The molecule has 0 spiro atoms. The first-order valence-electron chi connectivity index (χ1n) is 6.18. The molecular formula is C13H17NO2S. The molecule has 1 atom stereocenters. The zero-order chi connectivity index (χ0) is 11.5. The lowest BCUT2D eigenvalue weighted by molar-refractivity contribution is 0.174. The molecule has 92 valence electrons. The second-order valence-corrected chi connectivity index (χ2v) is 5.57. The van der Waals surface area contributed by atoms with E-state index in [1.54, 1.807) is 0 Å². The number of hydrogen-bond acceptors (Lipinski definition) is 4. The fraction of sp³-hybridized carbons (Fsp3) is 0.538. The highest BCUT2D eigenvalue weighted by Crippen LogP contribution is 2.35. The second kappa shape index (κ2) is 5.19. The second-order valence-electron chi connectivity index (χ2n) is 4.47. The molecule has 0 bridgehead atoms. The van der Waals surface area contributed by atoms with Gasteiger partial charge in [-0.3, -0.25) is 0 Å². The highest BCUT2D eigenvalue weighted by Gasteiger charge is 2.15. The van der Waals surface area contributed by atoms with E-state index in [0.717, 1.165) is 17.3 Å². The minimum Gasteiger partial charge on any atom is -0.454 e. The van der Waals surface area contributed by atoms with Gasteiger partial charge in [-0.2, -0.15) is 0 Å². The van der Waals surface area contributed by atoms with E-state index in [1.807, 2.05) is 17.8 Å². The molecule has 1 aromatic rings. The molecule has 0 radical (unpaired) electrons. The van der Waals surface area contributed by atoms with Crippen LogP contribution in [-0.4, -0.2) is 25.1 Å². The normalized spacial score (nSPS) is 22.7. The number of ether oxygens (including phenoxy) is 2. The van der Waals surface area contributed by atoms with Crippen molar-refractivity contribution in [1.82, 2.24) is 5.32 Å². The number of piperidine rings is 1. The number of rotatable bonds is 3. The number of benzene rings is 1. The van der Waals surface area contributed by atoms with Gasteiger partial charge in [0.25, 0.3) is 0 Å². The van der Waals surface area contributed by atoms with Crippen LogP contribution in [0.1, 0.15) is 19.3 Å². The molecule has 0 aromatic heterocycles. The average Bonchev–Trinajstić information content (AvgIpc) is 2.85. The molecule has 1 unspecified atom stereocenters. The maximum atomic E-state index is 5.38. The molecule has 0 saturated carbocycles. The van der Waals surface area contributed by atoms with Crippen LogP contribution >= 0.6 is 11.8 Å². The van der Waals surface area contributed by atoms with Crippen LogP contribution in [0.2, 0.25) is 0 Å². The molecule has 3 nitrogen and oxygen atoms in total. The summed E-state index contributed by atoms with van der Waals surface area (Å²) in [7, 11) is 0. The Hall–Kier alpha value is -0.870. The van der Waals surface area contributed by atoms with Crippen LogP contribution < -0.4 is 14.8 Å². The van der Waals surface area contributed by atoms with E-state index in [-0.39, 0.29) is 0 Å². The van der Waals surface area contributed by atoms with Gasteiger partial charge in [-0.15, -0.1) is 11.8 Å². The van der Waals surface area contributed by atoms with Crippen molar-refractivity contribution >= 4 is 11.8 Å². The highest BCUT2D eigenvalue weighted by molar-refractivity contribution is 7.99. The Morgan fingerprint density at radius 1 is 1.24 bits per heavy atom. The number of thioether (sulfide) groups is 1. The first-order valence-corrected chi connectivity index (χ1v) is 7.16. The van der Waals surface area contributed by atoms with Crippen molar-refractivity contribution in [2.45, 2.75) is 30.2 Å². The number of nitrogens with one attached hydrogen (secondary N) is 1. The van der Waals surface area contributed by atoms with Crippen molar-refractivity contribution in [2.75, 3.05) is 19.1 Å². The Balaban J connectivity index is 1.57. The van der Waals surface area contributed by atoms with Crippen molar-refractivity contribution in [3.8, 4) is 11.5 Å². The monoisotopic (exact) mass is 251 g/mol. The molecule has 0 amide bonds. The Morgan fingerprint density at radius 3 is 3.06 bits per heavy atom. The summed E-state index contributed by atoms with van der Waals surface area (Å²) in [5.74, 6) is 2.89. The van der Waals surface area contributed by atoms with Gasteiger partial charge in [-0.25, -0.2) is 0 Å². The highest BCUT2D eigenvalue weighted by atomic mass is 32.2. The quantitative estimate of drug-likeness (QED) is 0.837. The first-order chi connectivity index (χ1) is 8.42. The SMILES string of the molecule is c1cc2c(cc1SCC1CCCCN1)OCO2. The molecule has 1 fully saturated rings. The summed E-state index contributed by atoms with van der Waals surface area (Å²) in [5, 5.41) is 3.56. The third kappa shape index (κ3) is 2.69. The average molecular weight is 251 g/mol. The van der Waals surface area contributed by atoms with E-state index in [9.17, 15) is 0 Å². The van der Waals surface area contributed by atoms with Gasteiger partial charge in [0.1, 0.15) is 0 Å². The van der Waals surface area contributed by atoms with E-state index >= 15 is 0 Å². The third-order valence-electron chi connectivity index (χ3n) is 3.21. The molecule has 3 rings (SSSR count). The minimum absolute atomic E-state index is 0.355. The molecule has 17 heavy (non-hydrogen) atoms. The molecular weight excluding hydrogens is 234 g/mol. The zero-order valence-electron chi connectivity index (χ0n) is 9.78. The summed E-state index contributed by atoms with van der Waals surface area (Å²) in [4.78, 5) is 1.27. The molecule has 2 aliphatic heterocycles. The van der Waals surface area contributed by atoms with Gasteiger partial charge in [-0.1, -0.05) is 6.42 Å². The topological polar surface area (TPSA) is 30.5 Å². The van der Waals surface area contributed by atoms with Crippen LogP contribution in [0.15, 0.2) is 23.1 Å². The Kier molecular flexibility index (Phi) is 3.43. The van der Waals surface area contributed by atoms with Gasteiger partial charge in [0.05, 0.1) is 0 Å². The summed E-state index contributed by atoms with van der Waals surface area (Å²) >= 11 is 1.89. The van der Waals surface area contributed by atoms with Crippen molar-refractivity contribution in [2.24, 2.45) is 0 Å². The van der Waals surface area contributed by atoms with Crippen LogP contribution in [0.4, 0.5) is 0 Å². The summed E-state index contributed by atoms with van der Waals surface area (Å²) in [5.41, 5.74) is 0. The summed E-state index contributed by atoms with van der Waals surface area (Å²) < 4.78 is 10.7. The maximum Gasteiger partial charge on any atom is 0.231 e. The van der Waals surface area contributed by atoms with Gasteiger partial charge in [0.15, 0.2) is 11.5 Å². The smallest absolute Gasteiger partial charge is 0.231 e. The molecule has 1 aromatic carbocycles. The summed E-state index contributed by atoms with van der Waals surface area (Å²) in [6, 6.07) is 6.86. The van der Waals surface area contributed by atoms with E-state index in [2.05, 4.69) is 17.4 Å². The van der Waals surface area contributed by atoms with Crippen molar-refractivity contribution in [3.63, 3.8) is 0 Å². The third-order valence-corrected chi connectivity index (χ3v) is 4.36. The van der Waals surface area contributed by atoms with Crippen LogP contribution in [0.5, 0.6) is 11.5 Å². The number of hydrogen-bond donors (Lipinski definition) is 1. The molecule has 2 heterocycles. The van der Waals surface area contributed by atoms with Gasteiger partial charge in [0, 0.05) is 16.7 Å². The van der Waals surface area contributed by atoms with Crippen LogP contribution in [-0.2, 0) is 0 Å². The maximum absolute atomic E-state index is 5.38. The zero-order valence-corrected chi connectivity index (χ0v) is 10.6. The van der Waals surface area contributed by atoms with Crippen molar-refractivity contribution in [3.05, 3.63) is 18.2 Å². The Labute approximate surface area is 106 Å². The van der Waals surface area contributed by atoms with Crippen LogP contribution in [0, 0.1) is 0 Å². The number of fused-ring (bicyclic) bond motifs is 1. The molecule has 1 saturated heterocycles. The molecule has 1 N–H and O–H groups in total.